The predicted octanol–water partition coefficient (Wildman–Crippen LogP) is 3.42. The van der Waals surface area contributed by atoms with Crippen LogP contribution in [0.25, 0.3) is 11.1 Å². The first kappa shape index (κ1) is 14.4. The molecule has 0 atom stereocenters. The first-order chi connectivity index (χ1) is 6.89. The van der Waals surface area contributed by atoms with Gasteiger partial charge in [0.25, 0.3) is 0 Å². The van der Waals surface area contributed by atoms with Crippen molar-refractivity contribution in [2.75, 3.05) is 0 Å². The summed E-state index contributed by atoms with van der Waals surface area (Å²) in [5, 5.41) is 0.586. The van der Waals surface area contributed by atoms with E-state index in [1.165, 1.54) is 0 Å². The molecule has 0 aliphatic heterocycles. The molecule has 2 aromatic rings. The number of aromatic nitrogens is 1. The summed E-state index contributed by atoms with van der Waals surface area (Å²) in [6.07, 6.45) is 0. The summed E-state index contributed by atoms with van der Waals surface area (Å²) in [7, 11) is 0. The first-order valence-electron chi connectivity index (χ1n) is 4.68. The molecular formula is C11H13ClNNaOS. The zero-order chi connectivity index (χ0) is 11.2. The fourth-order valence-electron chi connectivity index (χ4n) is 1.27. The van der Waals surface area contributed by atoms with Crippen molar-refractivity contribution in [2.24, 2.45) is 0 Å². The van der Waals surface area contributed by atoms with Gasteiger partial charge in [-0.3, -0.25) is 0 Å². The van der Waals surface area contributed by atoms with Gasteiger partial charge in [0.2, 0.25) is 5.89 Å². The Balaban J connectivity index is 0.00000128. The van der Waals surface area contributed by atoms with Crippen molar-refractivity contribution in [2.45, 2.75) is 31.1 Å². The molecule has 0 amide bonds. The Morgan fingerprint density at radius 3 is 2.50 bits per heavy atom. The van der Waals surface area contributed by atoms with Crippen molar-refractivity contribution < 1.29 is 4.42 Å². The Bertz CT molecular complexity index is 518. The summed E-state index contributed by atoms with van der Waals surface area (Å²) in [4.78, 5) is 5.06. The predicted molar refractivity (Wildman–Crippen MR) is 72.1 cm³/mol. The summed E-state index contributed by atoms with van der Waals surface area (Å²) in [5.41, 5.74) is 1.36. The van der Waals surface area contributed by atoms with Crippen LogP contribution in [0.4, 0.5) is 0 Å². The van der Waals surface area contributed by atoms with E-state index in [4.69, 9.17) is 16.0 Å². The molecule has 1 aromatic heterocycles. The van der Waals surface area contributed by atoms with Gasteiger partial charge in [-0.15, -0.1) is 12.6 Å². The third-order valence-corrected chi connectivity index (χ3v) is 3.01. The quantitative estimate of drug-likeness (QED) is 0.583. The molecule has 82 valence electrons. The average Bonchev–Trinajstić information content (AvgIpc) is 2.55. The third kappa shape index (κ3) is 2.59. The molecule has 0 saturated heterocycles. The second kappa shape index (κ2) is 4.91. The van der Waals surface area contributed by atoms with Gasteiger partial charge in [-0.1, -0.05) is 32.4 Å². The van der Waals surface area contributed by atoms with Gasteiger partial charge in [0, 0.05) is 5.41 Å². The second-order valence-corrected chi connectivity index (χ2v) is 5.37. The molecule has 1 aromatic carbocycles. The molecule has 0 unspecified atom stereocenters. The van der Waals surface area contributed by atoms with E-state index in [9.17, 15) is 0 Å². The number of halogens is 1. The van der Waals surface area contributed by atoms with Crippen LogP contribution in [-0.4, -0.2) is 34.5 Å². The molecule has 1 heterocycles. The summed E-state index contributed by atoms with van der Waals surface area (Å²) >= 11 is 10.3. The number of rotatable bonds is 0. The van der Waals surface area contributed by atoms with Crippen molar-refractivity contribution >= 4 is 64.9 Å². The number of fused-ring (bicyclic) bond motifs is 1. The number of oxazole rings is 1. The second-order valence-electron chi connectivity index (χ2n) is 4.51. The van der Waals surface area contributed by atoms with Crippen LogP contribution < -0.4 is 0 Å². The van der Waals surface area contributed by atoms with Crippen molar-refractivity contribution in [1.82, 2.24) is 4.98 Å². The first-order valence-corrected chi connectivity index (χ1v) is 5.50. The van der Waals surface area contributed by atoms with Crippen LogP contribution in [0, 0.1) is 0 Å². The fraction of sp³-hybridized carbons (Fsp3) is 0.364. The Morgan fingerprint density at radius 1 is 1.31 bits per heavy atom. The molecule has 0 saturated carbocycles. The summed E-state index contributed by atoms with van der Waals surface area (Å²) in [6.45, 7) is 6.16. The maximum atomic E-state index is 5.95. The van der Waals surface area contributed by atoms with Gasteiger partial charge < -0.3 is 4.42 Å². The molecule has 0 fully saturated rings. The van der Waals surface area contributed by atoms with E-state index in [1.54, 1.807) is 6.07 Å². The number of benzene rings is 1. The Morgan fingerprint density at radius 2 is 1.94 bits per heavy atom. The molecule has 0 radical (unpaired) electrons. The van der Waals surface area contributed by atoms with E-state index >= 15 is 0 Å². The van der Waals surface area contributed by atoms with Gasteiger partial charge in [-0.05, 0) is 12.1 Å². The van der Waals surface area contributed by atoms with Crippen molar-refractivity contribution in [3.05, 3.63) is 23.0 Å². The molecule has 0 spiro atoms. The van der Waals surface area contributed by atoms with Gasteiger partial charge in [-0.25, -0.2) is 4.98 Å². The van der Waals surface area contributed by atoms with E-state index in [2.05, 4.69) is 38.4 Å². The van der Waals surface area contributed by atoms with Crippen LogP contribution in [-0.2, 0) is 5.41 Å². The standard InChI is InChI=1S/C11H12ClNOS.Na.H/c1-11(2,3)10-13-7-5-4-6(12)9(15)8(7)14-10;;/h4-5,15H,1-3H3;;. The van der Waals surface area contributed by atoms with Crippen molar-refractivity contribution in [3.8, 4) is 0 Å². The van der Waals surface area contributed by atoms with Crippen LogP contribution in [0.5, 0.6) is 0 Å². The van der Waals surface area contributed by atoms with E-state index in [1.807, 2.05) is 6.07 Å². The summed E-state index contributed by atoms with van der Waals surface area (Å²) in [5.74, 6) is 0.704. The minimum absolute atomic E-state index is 0. The van der Waals surface area contributed by atoms with Gasteiger partial charge >= 0.3 is 29.6 Å². The molecule has 2 rings (SSSR count). The number of hydrogen-bond donors (Lipinski definition) is 1. The van der Waals surface area contributed by atoms with Gasteiger partial charge in [-0.2, -0.15) is 0 Å². The van der Waals surface area contributed by atoms with Gasteiger partial charge in [0.15, 0.2) is 5.58 Å². The van der Waals surface area contributed by atoms with Crippen molar-refractivity contribution in [1.29, 1.82) is 0 Å². The van der Waals surface area contributed by atoms with Crippen LogP contribution in [0.2, 0.25) is 5.02 Å². The van der Waals surface area contributed by atoms with E-state index < -0.39 is 0 Å². The number of hydrogen-bond acceptors (Lipinski definition) is 3. The van der Waals surface area contributed by atoms with E-state index in [-0.39, 0.29) is 35.0 Å². The molecular weight excluding hydrogens is 253 g/mol. The molecule has 16 heavy (non-hydrogen) atoms. The number of nitrogens with zero attached hydrogens (tertiary/aromatic N) is 1. The zero-order valence-electron chi connectivity index (χ0n) is 8.84. The summed E-state index contributed by atoms with van der Waals surface area (Å²) in [6, 6.07) is 3.62. The Kier molecular flexibility index (Phi) is 4.41. The van der Waals surface area contributed by atoms with Gasteiger partial charge in [0.05, 0.1) is 9.92 Å². The maximum absolute atomic E-state index is 5.95. The summed E-state index contributed by atoms with van der Waals surface area (Å²) < 4.78 is 5.67. The fourth-order valence-corrected chi connectivity index (χ4v) is 1.66. The molecule has 5 heteroatoms. The minimum atomic E-state index is -0.105. The van der Waals surface area contributed by atoms with Crippen LogP contribution in [0.3, 0.4) is 0 Å². The molecule has 0 aliphatic rings. The van der Waals surface area contributed by atoms with Crippen LogP contribution in [0.1, 0.15) is 26.7 Å². The van der Waals surface area contributed by atoms with Crippen LogP contribution in [0.15, 0.2) is 21.4 Å². The van der Waals surface area contributed by atoms with Crippen LogP contribution >= 0.6 is 24.2 Å². The average molecular weight is 266 g/mol. The monoisotopic (exact) mass is 265 g/mol. The zero-order valence-corrected chi connectivity index (χ0v) is 10.5. The molecule has 0 bridgehead atoms. The van der Waals surface area contributed by atoms with Crippen molar-refractivity contribution in [3.63, 3.8) is 0 Å². The molecule has 2 nitrogen and oxygen atoms in total. The molecule has 0 aliphatic carbocycles. The topological polar surface area (TPSA) is 26.0 Å². The third-order valence-electron chi connectivity index (χ3n) is 2.12. The van der Waals surface area contributed by atoms with E-state index in [0.29, 0.717) is 21.4 Å². The molecule has 0 N–H and O–H groups in total. The number of thiol groups is 1. The van der Waals surface area contributed by atoms with Gasteiger partial charge in [0.1, 0.15) is 5.52 Å². The Hall–Kier alpha value is 0.330. The normalized spacial score (nSPS) is 11.6. The van der Waals surface area contributed by atoms with E-state index in [0.717, 1.165) is 5.52 Å². The Labute approximate surface area is 127 Å². The SMILES string of the molecule is CC(C)(C)c1nc2ccc(Cl)c(S)c2o1.[NaH].